The molecule has 4 aliphatic rings. The topological polar surface area (TPSA) is 4.93 Å². The Morgan fingerprint density at radius 3 is 2.28 bits per heavy atom. The summed E-state index contributed by atoms with van der Waals surface area (Å²) in [7, 11) is -2.62. The number of allylic oxidation sites excluding steroid dienone is 13. The summed E-state index contributed by atoms with van der Waals surface area (Å²) in [5, 5.41) is 10.4. The molecule has 60 heavy (non-hydrogen) atoms. The van der Waals surface area contributed by atoms with Gasteiger partial charge < -0.3 is 4.57 Å². The van der Waals surface area contributed by atoms with Crippen molar-refractivity contribution in [1.82, 2.24) is 4.57 Å². The van der Waals surface area contributed by atoms with Crippen molar-refractivity contribution in [2.45, 2.75) is 65.2 Å². The molecule has 0 saturated heterocycles. The number of aryl methyl sites for hydroxylation is 1. The van der Waals surface area contributed by atoms with Crippen LogP contribution in [0.5, 0.6) is 0 Å². The minimum Gasteiger partial charge on any atom is -0.309 e. The van der Waals surface area contributed by atoms with E-state index in [9.17, 15) is 0 Å². The summed E-state index contributed by atoms with van der Waals surface area (Å²) in [6.07, 6.45) is 31.1. The fourth-order valence-corrected chi connectivity index (χ4v) is 17.8. The average Bonchev–Trinajstić information content (AvgIpc) is 3.92. The van der Waals surface area contributed by atoms with Crippen LogP contribution in [-0.2, 0) is 0 Å². The standard InChI is InChI=1S/C57H51NSSi/c1-4-15-46-39(3)59-57-52(46)35-34-51-53(47-20-8-9-23-50(47)56(51)57)36-40-28-32-44(33-29-40)60(42-17-6-5-7-18-42,43-30-26-38(2)27-31-43)45-19-14-16-41(37-45)58-54-24-12-10-21-48(54)49-22-11-13-25-55(49)58/h4-6,8-17,19-26,28,30-32,34-35,37-38,53H,7,18,27,29,33,36H2,1-3H3/b15-4-. The number of nitrogens with zero attached hydrogens (tertiary/aromatic N) is 1. The first kappa shape index (κ1) is 37.3. The van der Waals surface area contributed by atoms with Gasteiger partial charge in [0.2, 0.25) is 0 Å². The first-order valence-electron chi connectivity index (χ1n) is 22.1. The Labute approximate surface area is 359 Å². The molecule has 3 atom stereocenters. The largest absolute Gasteiger partial charge is 0.309 e. The second-order valence-corrected chi connectivity index (χ2v) is 22.6. The van der Waals surface area contributed by atoms with Crippen LogP contribution in [0.1, 0.15) is 79.9 Å². The Bertz CT molecular complexity index is 3040. The van der Waals surface area contributed by atoms with E-state index in [-0.39, 0.29) is 0 Å². The van der Waals surface area contributed by atoms with Crippen LogP contribution in [0.4, 0.5) is 0 Å². The maximum absolute atomic E-state index is 2.63. The van der Waals surface area contributed by atoms with E-state index in [1.165, 1.54) is 75.5 Å². The van der Waals surface area contributed by atoms with Gasteiger partial charge in [0.05, 0.1) is 11.0 Å². The molecule has 0 N–H and O–H groups in total. The first-order valence-corrected chi connectivity index (χ1v) is 24.9. The lowest BCUT2D eigenvalue weighted by Crippen LogP contribution is -2.55. The van der Waals surface area contributed by atoms with Crippen molar-refractivity contribution < 1.29 is 0 Å². The molecular formula is C57H51NSSi. The molecule has 2 heterocycles. The number of hydrogen-bond donors (Lipinski definition) is 0. The van der Waals surface area contributed by atoms with Crippen molar-refractivity contribution in [3.05, 3.63) is 207 Å². The number of hydrogen-bond acceptors (Lipinski definition) is 1. The maximum atomic E-state index is 2.63. The normalized spacial score (nSPS) is 19.6. The Morgan fingerprint density at radius 1 is 0.767 bits per heavy atom. The summed E-state index contributed by atoms with van der Waals surface area (Å²) in [6, 6.07) is 41.7. The van der Waals surface area contributed by atoms with Crippen LogP contribution in [0.15, 0.2) is 185 Å². The molecule has 0 fully saturated rings. The predicted molar refractivity (Wildman–Crippen MR) is 262 cm³/mol. The predicted octanol–water partition coefficient (Wildman–Crippen LogP) is 15.3. The number of thiophene rings is 1. The third-order valence-electron chi connectivity index (χ3n) is 14.0. The average molecular weight is 810 g/mol. The van der Waals surface area contributed by atoms with Crippen molar-refractivity contribution in [3.63, 3.8) is 0 Å². The van der Waals surface area contributed by atoms with E-state index in [0.29, 0.717) is 11.8 Å². The second-order valence-electron chi connectivity index (χ2n) is 17.4. The maximum Gasteiger partial charge on any atom is 0.171 e. The van der Waals surface area contributed by atoms with Crippen molar-refractivity contribution in [2.75, 3.05) is 0 Å². The van der Waals surface area contributed by atoms with Crippen molar-refractivity contribution in [3.8, 4) is 16.8 Å². The molecule has 0 spiro atoms. The van der Waals surface area contributed by atoms with Crippen molar-refractivity contribution in [1.29, 1.82) is 0 Å². The zero-order valence-corrected chi connectivity index (χ0v) is 36.7. The molecule has 7 aromatic rings. The van der Waals surface area contributed by atoms with Gasteiger partial charge in [-0.2, -0.15) is 0 Å². The van der Waals surface area contributed by atoms with Gasteiger partial charge in [-0.1, -0.05) is 169 Å². The molecule has 2 aromatic heterocycles. The Morgan fingerprint density at radius 2 is 1.55 bits per heavy atom. The van der Waals surface area contributed by atoms with Gasteiger partial charge in [0.1, 0.15) is 0 Å². The molecule has 0 amide bonds. The van der Waals surface area contributed by atoms with Gasteiger partial charge in [-0.05, 0) is 115 Å². The van der Waals surface area contributed by atoms with Crippen LogP contribution in [0.25, 0.3) is 54.8 Å². The Kier molecular flexibility index (Phi) is 9.36. The lowest BCUT2D eigenvalue weighted by molar-refractivity contribution is 0.734. The molecule has 5 aromatic carbocycles. The smallest absolute Gasteiger partial charge is 0.171 e. The van der Waals surface area contributed by atoms with Crippen LogP contribution >= 0.6 is 11.3 Å². The van der Waals surface area contributed by atoms with E-state index in [4.69, 9.17) is 0 Å². The van der Waals surface area contributed by atoms with Gasteiger partial charge in [0.25, 0.3) is 0 Å². The molecule has 4 aliphatic carbocycles. The monoisotopic (exact) mass is 809 g/mol. The van der Waals surface area contributed by atoms with Crippen molar-refractivity contribution >= 4 is 62.6 Å². The first-order chi connectivity index (χ1) is 29.5. The molecule has 0 saturated carbocycles. The molecule has 3 unspecified atom stereocenters. The van der Waals surface area contributed by atoms with E-state index in [0.717, 1.165) is 38.5 Å². The lowest BCUT2D eigenvalue weighted by Gasteiger charge is -2.41. The molecular weight excluding hydrogens is 759 g/mol. The van der Waals surface area contributed by atoms with Crippen LogP contribution in [0.2, 0.25) is 0 Å². The molecule has 3 heteroatoms. The molecule has 294 valence electrons. The van der Waals surface area contributed by atoms with E-state index in [1.54, 1.807) is 21.2 Å². The van der Waals surface area contributed by atoms with Crippen LogP contribution < -0.4 is 5.19 Å². The molecule has 11 rings (SSSR count). The summed E-state index contributed by atoms with van der Waals surface area (Å²) in [4.78, 5) is 1.40. The van der Waals surface area contributed by atoms with Gasteiger partial charge >= 0.3 is 0 Å². The van der Waals surface area contributed by atoms with Gasteiger partial charge in [-0.15, -0.1) is 11.3 Å². The highest BCUT2D eigenvalue weighted by Gasteiger charge is 2.46. The van der Waals surface area contributed by atoms with Crippen LogP contribution in [0.3, 0.4) is 0 Å². The zero-order chi connectivity index (χ0) is 40.4. The number of fused-ring (bicyclic) bond motifs is 8. The number of benzene rings is 5. The third-order valence-corrected chi connectivity index (χ3v) is 20.3. The minimum atomic E-state index is -2.62. The highest BCUT2D eigenvalue weighted by molar-refractivity contribution is 7.20. The SMILES string of the molecule is C/C=C\c1c(C)sc2c3c(ccc12)C(CC1=CC=C([Si](C2=CCC(C)C=C2)(C2=CC=CCC2)c2cccc(-n4c5ccccc5c5ccccc54)c2)CC1)c1ccccc1-3. The van der Waals surface area contributed by atoms with Gasteiger partial charge in [-0.3, -0.25) is 0 Å². The highest BCUT2D eigenvalue weighted by Crippen LogP contribution is 2.53. The van der Waals surface area contributed by atoms with E-state index < -0.39 is 8.07 Å². The summed E-state index contributed by atoms with van der Waals surface area (Å²) in [5.41, 5.74) is 12.6. The Balaban J connectivity index is 1.05. The molecule has 0 bridgehead atoms. The molecule has 1 nitrogen and oxygen atoms in total. The summed E-state index contributed by atoms with van der Waals surface area (Å²) in [6.45, 7) is 6.77. The Hall–Kier alpha value is -5.74. The highest BCUT2D eigenvalue weighted by atomic mass is 32.1. The van der Waals surface area contributed by atoms with E-state index in [1.807, 2.05) is 11.3 Å². The molecule has 0 aliphatic heterocycles. The quantitative estimate of drug-likeness (QED) is 0.135. The third kappa shape index (κ3) is 5.85. The van der Waals surface area contributed by atoms with Gasteiger partial charge in [0.15, 0.2) is 8.07 Å². The second kappa shape index (κ2) is 15.1. The summed E-state index contributed by atoms with van der Waals surface area (Å²) >= 11 is 1.97. The van der Waals surface area contributed by atoms with E-state index in [2.05, 4.69) is 195 Å². The fraction of sp³-hybridized carbons (Fsp3) is 0.193. The summed E-state index contributed by atoms with van der Waals surface area (Å²) in [5.74, 6) is 0.929. The van der Waals surface area contributed by atoms with Crippen LogP contribution in [0, 0.1) is 12.8 Å². The minimum absolute atomic E-state index is 0.371. The van der Waals surface area contributed by atoms with Crippen molar-refractivity contribution in [2.24, 2.45) is 5.92 Å². The summed E-state index contributed by atoms with van der Waals surface area (Å²) < 4.78 is 3.96. The fourth-order valence-electron chi connectivity index (χ4n) is 11.2. The van der Waals surface area contributed by atoms with Gasteiger partial charge in [0, 0.05) is 42.9 Å². The van der Waals surface area contributed by atoms with Crippen LogP contribution in [-0.4, -0.2) is 12.6 Å². The lowest BCUT2D eigenvalue weighted by atomic mass is 9.87. The van der Waals surface area contributed by atoms with Gasteiger partial charge in [-0.25, -0.2) is 0 Å². The number of para-hydroxylation sites is 2. The van der Waals surface area contributed by atoms with E-state index >= 15 is 0 Å². The zero-order valence-electron chi connectivity index (χ0n) is 34.9. The molecule has 0 radical (unpaired) electrons. The number of rotatable bonds is 8. The number of aromatic nitrogens is 1.